The highest BCUT2D eigenvalue weighted by molar-refractivity contribution is 5.40. The lowest BCUT2D eigenvalue weighted by Gasteiger charge is -2.12. The zero-order chi connectivity index (χ0) is 12.0. The molecule has 0 aliphatic rings. The van der Waals surface area contributed by atoms with Gasteiger partial charge in [-0.25, -0.2) is 4.39 Å². The molecule has 1 aromatic rings. The number of aliphatic hydroxyl groups excluding tert-OH is 1. The van der Waals surface area contributed by atoms with Crippen LogP contribution in [0, 0.1) is 17.7 Å². The number of halogens is 1. The Labute approximate surface area is 95.1 Å². The van der Waals surface area contributed by atoms with E-state index in [0.717, 1.165) is 6.42 Å². The van der Waals surface area contributed by atoms with Gasteiger partial charge in [0.05, 0.1) is 6.10 Å². The topological polar surface area (TPSA) is 29.5 Å². The molecule has 3 heteroatoms. The third-order valence-corrected chi connectivity index (χ3v) is 2.10. The summed E-state index contributed by atoms with van der Waals surface area (Å²) in [5.41, 5.74) is 0.507. The fourth-order valence-corrected chi connectivity index (χ4v) is 1.16. The minimum atomic E-state index is -0.386. The molecule has 0 spiro atoms. The molecule has 0 aromatic heterocycles. The molecule has 1 aromatic carbocycles. The van der Waals surface area contributed by atoms with Crippen molar-refractivity contribution in [3.8, 4) is 17.6 Å². The molecule has 0 heterocycles. The van der Waals surface area contributed by atoms with E-state index in [9.17, 15) is 4.39 Å². The number of hydrogen-bond donors (Lipinski definition) is 1. The van der Waals surface area contributed by atoms with Gasteiger partial charge in [0.25, 0.3) is 0 Å². The van der Waals surface area contributed by atoms with Crippen molar-refractivity contribution >= 4 is 0 Å². The Morgan fingerprint density at radius 3 is 2.81 bits per heavy atom. The molecular weight excluding hydrogens is 207 g/mol. The van der Waals surface area contributed by atoms with Crippen LogP contribution >= 0.6 is 0 Å². The van der Waals surface area contributed by atoms with Crippen molar-refractivity contribution in [3.63, 3.8) is 0 Å². The molecule has 0 aliphatic heterocycles. The maximum Gasteiger partial charge on any atom is 0.128 e. The molecule has 0 bridgehead atoms. The van der Waals surface area contributed by atoms with Gasteiger partial charge < -0.3 is 9.84 Å². The summed E-state index contributed by atoms with van der Waals surface area (Å²) >= 11 is 0. The van der Waals surface area contributed by atoms with Gasteiger partial charge in [-0.05, 0) is 25.5 Å². The SMILES string of the molecule is CCC(C)Oc1cc(F)cc(C#CCO)c1. The van der Waals surface area contributed by atoms with Crippen molar-refractivity contribution in [1.29, 1.82) is 0 Å². The van der Waals surface area contributed by atoms with Gasteiger partial charge in [0.2, 0.25) is 0 Å². The Balaban J connectivity index is 2.89. The molecule has 2 nitrogen and oxygen atoms in total. The minimum absolute atomic E-state index is 0.0421. The molecule has 1 rings (SSSR count). The summed E-state index contributed by atoms with van der Waals surface area (Å²) in [6, 6.07) is 4.31. The second-order valence-electron chi connectivity index (χ2n) is 3.47. The van der Waals surface area contributed by atoms with Crippen LogP contribution in [0.1, 0.15) is 25.8 Å². The maximum atomic E-state index is 13.2. The van der Waals surface area contributed by atoms with Crippen LogP contribution in [-0.4, -0.2) is 17.8 Å². The van der Waals surface area contributed by atoms with Crippen molar-refractivity contribution in [2.75, 3.05) is 6.61 Å². The van der Waals surface area contributed by atoms with Gasteiger partial charge in [0, 0.05) is 11.6 Å². The molecule has 0 radical (unpaired) electrons. The van der Waals surface area contributed by atoms with Gasteiger partial charge in [0.1, 0.15) is 18.2 Å². The average Bonchev–Trinajstić information content (AvgIpc) is 2.25. The zero-order valence-corrected chi connectivity index (χ0v) is 9.46. The predicted molar refractivity (Wildman–Crippen MR) is 60.7 cm³/mol. The van der Waals surface area contributed by atoms with Crippen LogP contribution in [-0.2, 0) is 0 Å². The molecule has 0 saturated heterocycles. The van der Waals surface area contributed by atoms with Gasteiger partial charge in [-0.15, -0.1) is 0 Å². The average molecular weight is 222 g/mol. The van der Waals surface area contributed by atoms with Gasteiger partial charge in [-0.3, -0.25) is 0 Å². The van der Waals surface area contributed by atoms with E-state index in [4.69, 9.17) is 9.84 Å². The van der Waals surface area contributed by atoms with Gasteiger partial charge in [-0.2, -0.15) is 0 Å². The number of aliphatic hydroxyl groups is 1. The lowest BCUT2D eigenvalue weighted by molar-refractivity contribution is 0.216. The Bertz CT molecular complexity index is 404. The Morgan fingerprint density at radius 1 is 1.44 bits per heavy atom. The lowest BCUT2D eigenvalue weighted by Crippen LogP contribution is -2.09. The van der Waals surface area contributed by atoms with E-state index in [1.807, 2.05) is 13.8 Å². The largest absolute Gasteiger partial charge is 0.491 e. The molecular formula is C13H15FO2. The van der Waals surface area contributed by atoms with Crippen LogP contribution in [0.25, 0.3) is 0 Å². The first-order valence-corrected chi connectivity index (χ1v) is 5.22. The third kappa shape index (κ3) is 3.92. The number of rotatable bonds is 3. The van der Waals surface area contributed by atoms with Crippen LogP contribution < -0.4 is 4.74 Å². The predicted octanol–water partition coefficient (Wildman–Crippen LogP) is 2.35. The van der Waals surface area contributed by atoms with Crippen molar-refractivity contribution in [2.45, 2.75) is 26.4 Å². The molecule has 1 N–H and O–H groups in total. The Hall–Kier alpha value is -1.53. The van der Waals surface area contributed by atoms with Crippen LogP contribution in [0.5, 0.6) is 5.75 Å². The smallest absolute Gasteiger partial charge is 0.128 e. The van der Waals surface area contributed by atoms with Crippen molar-refractivity contribution in [2.24, 2.45) is 0 Å². The molecule has 0 aliphatic carbocycles. The minimum Gasteiger partial charge on any atom is -0.491 e. The molecule has 0 amide bonds. The lowest BCUT2D eigenvalue weighted by atomic mass is 10.2. The Kier molecular flexibility index (Phi) is 4.81. The summed E-state index contributed by atoms with van der Waals surface area (Å²) in [6.45, 7) is 3.68. The number of hydrogen-bond acceptors (Lipinski definition) is 2. The quantitative estimate of drug-likeness (QED) is 0.795. The second-order valence-corrected chi connectivity index (χ2v) is 3.47. The first-order chi connectivity index (χ1) is 7.65. The summed E-state index contributed by atoms with van der Waals surface area (Å²) in [7, 11) is 0. The van der Waals surface area contributed by atoms with E-state index in [1.165, 1.54) is 12.1 Å². The standard InChI is InChI=1S/C13H15FO2/c1-3-10(2)16-13-8-11(5-4-6-15)7-12(14)9-13/h7-10,15H,3,6H2,1-2H3. The third-order valence-electron chi connectivity index (χ3n) is 2.10. The first-order valence-electron chi connectivity index (χ1n) is 5.22. The normalized spacial score (nSPS) is 11.5. The number of benzene rings is 1. The van der Waals surface area contributed by atoms with E-state index in [0.29, 0.717) is 11.3 Å². The molecule has 1 atom stereocenters. The molecule has 0 fully saturated rings. The van der Waals surface area contributed by atoms with Crippen molar-refractivity contribution in [1.82, 2.24) is 0 Å². The van der Waals surface area contributed by atoms with E-state index < -0.39 is 0 Å². The molecule has 86 valence electrons. The van der Waals surface area contributed by atoms with Crippen LogP contribution in [0.15, 0.2) is 18.2 Å². The highest BCUT2D eigenvalue weighted by Crippen LogP contribution is 2.17. The molecule has 16 heavy (non-hydrogen) atoms. The highest BCUT2D eigenvalue weighted by Gasteiger charge is 2.04. The van der Waals surface area contributed by atoms with Crippen LogP contribution in [0.4, 0.5) is 4.39 Å². The van der Waals surface area contributed by atoms with Crippen molar-refractivity contribution in [3.05, 3.63) is 29.6 Å². The number of ether oxygens (including phenoxy) is 1. The van der Waals surface area contributed by atoms with E-state index in [1.54, 1.807) is 6.07 Å². The highest BCUT2D eigenvalue weighted by atomic mass is 19.1. The van der Waals surface area contributed by atoms with Gasteiger partial charge >= 0.3 is 0 Å². The molecule has 1 unspecified atom stereocenters. The summed E-state index contributed by atoms with van der Waals surface area (Å²) in [6.07, 6.45) is 0.897. The zero-order valence-electron chi connectivity index (χ0n) is 9.46. The first kappa shape index (κ1) is 12.5. The van der Waals surface area contributed by atoms with Gasteiger partial charge in [0.15, 0.2) is 0 Å². The second kappa shape index (κ2) is 6.14. The summed E-state index contributed by atoms with van der Waals surface area (Å²) in [4.78, 5) is 0. The fraction of sp³-hybridized carbons (Fsp3) is 0.385. The maximum absolute atomic E-state index is 13.2. The van der Waals surface area contributed by atoms with Gasteiger partial charge in [-0.1, -0.05) is 18.8 Å². The molecule has 0 saturated carbocycles. The van der Waals surface area contributed by atoms with E-state index >= 15 is 0 Å². The summed E-state index contributed by atoms with van der Waals surface area (Å²) in [5, 5.41) is 8.55. The van der Waals surface area contributed by atoms with Crippen LogP contribution in [0.3, 0.4) is 0 Å². The monoisotopic (exact) mass is 222 g/mol. The van der Waals surface area contributed by atoms with Crippen LogP contribution in [0.2, 0.25) is 0 Å². The summed E-state index contributed by atoms with van der Waals surface area (Å²) in [5.74, 6) is 5.20. The Morgan fingerprint density at radius 2 is 2.19 bits per heavy atom. The van der Waals surface area contributed by atoms with Crippen molar-refractivity contribution < 1.29 is 14.2 Å². The summed E-state index contributed by atoms with van der Waals surface area (Å²) < 4.78 is 18.7. The van der Waals surface area contributed by atoms with E-state index in [-0.39, 0.29) is 18.5 Å². The fourth-order valence-electron chi connectivity index (χ4n) is 1.16. The van der Waals surface area contributed by atoms with E-state index in [2.05, 4.69) is 11.8 Å².